The van der Waals surface area contributed by atoms with Crippen molar-refractivity contribution in [2.24, 2.45) is 0 Å². The van der Waals surface area contributed by atoms with Gasteiger partial charge in [0.2, 0.25) is 5.88 Å². The van der Waals surface area contributed by atoms with E-state index in [1.54, 1.807) is 6.07 Å². The maximum absolute atomic E-state index is 6.07. The lowest BCUT2D eigenvalue weighted by Crippen LogP contribution is -1.93. The second kappa shape index (κ2) is 5.31. The van der Waals surface area contributed by atoms with Crippen LogP contribution in [0.5, 0.6) is 11.6 Å². The number of benzene rings is 2. The Morgan fingerprint density at radius 1 is 1.15 bits per heavy atom. The van der Waals surface area contributed by atoms with Gasteiger partial charge in [-0.3, -0.25) is 0 Å². The van der Waals surface area contributed by atoms with Crippen LogP contribution in [0.25, 0.3) is 10.8 Å². The average molecular weight is 350 g/mol. The van der Waals surface area contributed by atoms with Crippen LogP contribution in [0.1, 0.15) is 0 Å². The molecule has 0 saturated heterocycles. The number of hydrogen-bond donors (Lipinski definition) is 1. The molecule has 3 nitrogen and oxygen atoms in total. The van der Waals surface area contributed by atoms with Gasteiger partial charge in [-0.25, -0.2) is 4.98 Å². The molecular weight excluding hydrogens is 340 g/mol. The maximum atomic E-state index is 6.07. The molecule has 20 heavy (non-hydrogen) atoms. The Hall–Kier alpha value is -1.78. The van der Waals surface area contributed by atoms with Gasteiger partial charge in [0.1, 0.15) is 10.8 Å². The minimum atomic E-state index is 0.330. The molecule has 0 aliphatic carbocycles. The predicted octanol–water partition coefficient (Wildman–Crippen LogP) is 5.03. The van der Waals surface area contributed by atoms with Crippen LogP contribution in [-0.2, 0) is 0 Å². The fourth-order valence-corrected chi connectivity index (χ4v) is 2.70. The molecule has 0 unspecified atom stereocenters. The van der Waals surface area contributed by atoms with E-state index in [2.05, 4.69) is 20.9 Å². The highest BCUT2D eigenvalue weighted by atomic mass is 79.9. The number of rotatable bonds is 2. The Labute approximate surface area is 129 Å². The first-order valence-corrected chi connectivity index (χ1v) is 7.08. The van der Waals surface area contributed by atoms with Gasteiger partial charge in [-0.1, -0.05) is 41.9 Å². The molecule has 5 heteroatoms. The zero-order valence-electron chi connectivity index (χ0n) is 10.3. The molecule has 3 aromatic rings. The number of ether oxygens (including phenoxy) is 1. The van der Waals surface area contributed by atoms with Crippen molar-refractivity contribution in [1.82, 2.24) is 4.98 Å². The molecule has 1 aromatic heterocycles. The van der Waals surface area contributed by atoms with Crippen molar-refractivity contribution in [3.05, 3.63) is 58.2 Å². The molecular formula is C15H10BrClN2O. The summed E-state index contributed by atoms with van der Waals surface area (Å²) >= 11 is 9.62. The quantitative estimate of drug-likeness (QED) is 0.706. The summed E-state index contributed by atoms with van der Waals surface area (Å²) in [6.07, 6.45) is 1.51. The highest BCUT2D eigenvalue weighted by Gasteiger charge is 2.10. The third-order valence-corrected chi connectivity index (χ3v) is 3.95. The van der Waals surface area contributed by atoms with E-state index in [1.165, 1.54) is 6.20 Å². The Bertz CT molecular complexity index is 792. The molecule has 0 bridgehead atoms. The highest BCUT2D eigenvalue weighted by molar-refractivity contribution is 9.10. The second-order valence-electron chi connectivity index (χ2n) is 4.26. The molecule has 0 atom stereocenters. The SMILES string of the molecule is Nc1cnc(Oc2ccc3ccccc3c2Br)c(Cl)c1. The maximum Gasteiger partial charge on any atom is 0.238 e. The van der Waals surface area contributed by atoms with E-state index in [-0.39, 0.29) is 0 Å². The fourth-order valence-electron chi connectivity index (χ4n) is 1.91. The van der Waals surface area contributed by atoms with Crippen molar-refractivity contribution in [1.29, 1.82) is 0 Å². The lowest BCUT2D eigenvalue weighted by Gasteiger charge is -2.10. The van der Waals surface area contributed by atoms with Crippen molar-refractivity contribution < 1.29 is 4.74 Å². The number of fused-ring (bicyclic) bond motifs is 1. The first kappa shape index (κ1) is 13.2. The highest BCUT2D eigenvalue weighted by Crippen LogP contribution is 2.37. The summed E-state index contributed by atoms with van der Waals surface area (Å²) in [5, 5.41) is 2.57. The van der Waals surface area contributed by atoms with Crippen molar-refractivity contribution in [3.8, 4) is 11.6 Å². The summed E-state index contributed by atoms with van der Waals surface area (Å²) in [6, 6.07) is 13.5. The van der Waals surface area contributed by atoms with E-state index in [4.69, 9.17) is 22.1 Å². The lowest BCUT2D eigenvalue weighted by atomic mass is 10.1. The number of halogens is 2. The van der Waals surface area contributed by atoms with Crippen LogP contribution in [0.3, 0.4) is 0 Å². The zero-order chi connectivity index (χ0) is 14.1. The molecule has 1 heterocycles. The first-order chi connectivity index (χ1) is 9.65. The van der Waals surface area contributed by atoms with E-state index in [1.807, 2.05) is 36.4 Å². The number of anilines is 1. The molecule has 0 spiro atoms. The average Bonchev–Trinajstić information content (AvgIpc) is 2.45. The van der Waals surface area contributed by atoms with Gasteiger partial charge in [0.15, 0.2) is 0 Å². The number of nitrogens with two attached hydrogens (primary N) is 1. The van der Waals surface area contributed by atoms with Crippen LogP contribution >= 0.6 is 27.5 Å². The normalized spacial score (nSPS) is 10.7. The first-order valence-electron chi connectivity index (χ1n) is 5.91. The van der Waals surface area contributed by atoms with E-state index in [9.17, 15) is 0 Å². The van der Waals surface area contributed by atoms with Gasteiger partial charge in [-0.2, -0.15) is 0 Å². The van der Waals surface area contributed by atoms with E-state index >= 15 is 0 Å². The number of pyridine rings is 1. The number of hydrogen-bond acceptors (Lipinski definition) is 3. The number of nitrogens with zero attached hydrogens (tertiary/aromatic N) is 1. The Morgan fingerprint density at radius 2 is 1.95 bits per heavy atom. The Kier molecular flexibility index (Phi) is 3.51. The molecule has 100 valence electrons. The predicted molar refractivity (Wildman–Crippen MR) is 85.4 cm³/mol. The van der Waals surface area contributed by atoms with Crippen molar-refractivity contribution >= 4 is 44.0 Å². The number of aromatic nitrogens is 1. The number of nitrogen functional groups attached to an aromatic ring is 1. The van der Waals surface area contributed by atoms with Crippen LogP contribution in [0, 0.1) is 0 Å². The zero-order valence-corrected chi connectivity index (χ0v) is 12.6. The summed E-state index contributed by atoms with van der Waals surface area (Å²) in [4.78, 5) is 4.09. The van der Waals surface area contributed by atoms with Gasteiger partial charge in [0.05, 0.1) is 16.4 Å². The monoisotopic (exact) mass is 348 g/mol. The molecule has 3 rings (SSSR count). The Balaban J connectivity index is 2.04. The second-order valence-corrected chi connectivity index (χ2v) is 5.46. The lowest BCUT2D eigenvalue weighted by molar-refractivity contribution is 0.461. The van der Waals surface area contributed by atoms with Crippen LogP contribution < -0.4 is 10.5 Å². The molecule has 0 radical (unpaired) electrons. The summed E-state index contributed by atoms with van der Waals surface area (Å²) in [6.45, 7) is 0. The van der Waals surface area contributed by atoms with E-state index < -0.39 is 0 Å². The standard InChI is InChI=1S/C15H10BrClN2O/c16-14-11-4-2-1-3-9(11)5-6-13(14)20-15-12(17)7-10(18)8-19-15/h1-8H,18H2. The van der Waals surface area contributed by atoms with Crippen molar-refractivity contribution in [2.75, 3.05) is 5.73 Å². The van der Waals surface area contributed by atoms with Gasteiger partial charge < -0.3 is 10.5 Å². The van der Waals surface area contributed by atoms with Crippen molar-refractivity contribution in [2.45, 2.75) is 0 Å². The minimum Gasteiger partial charge on any atom is -0.436 e. The molecule has 0 aliphatic rings. The van der Waals surface area contributed by atoms with E-state index in [0.29, 0.717) is 22.3 Å². The van der Waals surface area contributed by atoms with Gasteiger partial charge in [0, 0.05) is 0 Å². The van der Waals surface area contributed by atoms with Crippen LogP contribution in [-0.4, -0.2) is 4.98 Å². The molecule has 0 saturated carbocycles. The molecule has 2 aromatic carbocycles. The minimum absolute atomic E-state index is 0.330. The summed E-state index contributed by atoms with van der Waals surface area (Å²) in [7, 11) is 0. The van der Waals surface area contributed by atoms with Crippen LogP contribution in [0.15, 0.2) is 53.1 Å². The smallest absolute Gasteiger partial charge is 0.238 e. The fraction of sp³-hybridized carbons (Fsp3) is 0. The van der Waals surface area contributed by atoms with Gasteiger partial charge in [-0.15, -0.1) is 0 Å². The van der Waals surface area contributed by atoms with Crippen LogP contribution in [0.2, 0.25) is 5.02 Å². The molecule has 0 fully saturated rings. The largest absolute Gasteiger partial charge is 0.436 e. The summed E-state index contributed by atoms with van der Waals surface area (Å²) in [5.74, 6) is 0.986. The topological polar surface area (TPSA) is 48.1 Å². The van der Waals surface area contributed by atoms with Crippen molar-refractivity contribution in [3.63, 3.8) is 0 Å². The third-order valence-electron chi connectivity index (χ3n) is 2.86. The van der Waals surface area contributed by atoms with Gasteiger partial charge in [0.25, 0.3) is 0 Å². The third kappa shape index (κ3) is 2.44. The molecule has 2 N–H and O–H groups in total. The van der Waals surface area contributed by atoms with Crippen LogP contribution in [0.4, 0.5) is 5.69 Å². The summed E-state index contributed by atoms with van der Waals surface area (Å²) < 4.78 is 6.62. The molecule has 0 amide bonds. The Morgan fingerprint density at radius 3 is 2.75 bits per heavy atom. The van der Waals surface area contributed by atoms with E-state index in [0.717, 1.165) is 15.2 Å². The van der Waals surface area contributed by atoms with Gasteiger partial charge in [-0.05, 0) is 38.8 Å². The summed E-state index contributed by atoms with van der Waals surface area (Å²) in [5.41, 5.74) is 6.11. The molecule has 0 aliphatic heterocycles. The van der Waals surface area contributed by atoms with Gasteiger partial charge >= 0.3 is 0 Å².